The molecular weight excluding hydrogens is 219 g/mol. The van der Waals surface area contributed by atoms with Crippen LogP contribution in [0.15, 0.2) is 18.2 Å². The molecule has 2 rings (SSSR count). The summed E-state index contributed by atoms with van der Waals surface area (Å²) in [5, 5.41) is 8.53. The second-order valence-electron chi connectivity index (χ2n) is 4.21. The predicted molar refractivity (Wildman–Crippen MR) is 63.2 cm³/mol. The van der Waals surface area contributed by atoms with Crippen LogP contribution in [-0.4, -0.2) is 18.3 Å². The largest absolute Gasteiger partial charge is 0.493 e. The molecule has 2 nitrogen and oxygen atoms in total. The van der Waals surface area contributed by atoms with Gasteiger partial charge in [-0.3, -0.25) is 0 Å². The Morgan fingerprint density at radius 3 is 2.82 bits per heavy atom. The summed E-state index contributed by atoms with van der Waals surface area (Å²) >= 11 is 0. The molecule has 1 aromatic rings. The molecule has 1 saturated carbocycles. The Morgan fingerprint density at radius 2 is 2.24 bits per heavy atom. The first-order valence-corrected chi connectivity index (χ1v) is 5.81. The lowest BCUT2D eigenvalue weighted by atomic mass is 9.86. The third-order valence-electron chi connectivity index (χ3n) is 2.95. The summed E-state index contributed by atoms with van der Waals surface area (Å²) in [5.74, 6) is 5.74. The second kappa shape index (κ2) is 5.70. The summed E-state index contributed by atoms with van der Waals surface area (Å²) in [6.07, 6.45) is 3.70. The minimum absolute atomic E-state index is 0.265. The number of rotatable bonds is 3. The second-order valence-corrected chi connectivity index (χ2v) is 4.21. The molecule has 0 bridgehead atoms. The number of aliphatic hydroxyl groups excluding tert-OH is 1. The van der Waals surface area contributed by atoms with Crippen molar-refractivity contribution in [2.75, 3.05) is 13.2 Å². The zero-order valence-corrected chi connectivity index (χ0v) is 9.58. The van der Waals surface area contributed by atoms with E-state index in [1.165, 1.54) is 25.3 Å². The monoisotopic (exact) mass is 234 g/mol. The molecule has 0 saturated heterocycles. The quantitative estimate of drug-likeness (QED) is 0.813. The van der Waals surface area contributed by atoms with Crippen LogP contribution in [-0.2, 0) is 0 Å². The highest BCUT2D eigenvalue weighted by Crippen LogP contribution is 2.27. The van der Waals surface area contributed by atoms with E-state index in [1.807, 2.05) is 0 Å². The first-order valence-electron chi connectivity index (χ1n) is 5.81. The summed E-state index contributed by atoms with van der Waals surface area (Å²) in [4.78, 5) is 0. The third kappa shape index (κ3) is 3.21. The van der Waals surface area contributed by atoms with Crippen molar-refractivity contribution in [3.8, 4) is 17.6 Å². The van der Waals surface area contributed by atoms with Gasteiger partial charge in [0.05, 0.1) is 12.2 Å². The summed E-state index contributed by atoms with van der Waals surface area (Å²) in [7, 11) is 0. The van der Waals surface area contributed by atoms with E-state index in [2.05, 4.69) is 11.8 Å². The molecule has 1 aliphatic rings. The van der Waals surface area contributed by atoms with Crippen LogP contribution in [0.5, 0.6) is 5.75 Å². The fraction of sp³-hybridized carbons (Fsp3) is 0.429. The lowest BCUT2D eigenvalue weighted by Crippen LogP contribution is -2.19. The number of halogens is 1. The first kappa shape index (κ1) is 11.9. The van der Waals surface area contributed by atoms with E-state index in [0.717, 1.165) is 0 Å². The molecule has 1 fully saturated rings. The fourth-order valence-corrected chi connectivity index (χ4v) is 1.70. The minimum Gasteiger partial charge on any atom is -0.493 e. The van der Waals surface area contributed by atoms with Crippen LogP contribution < -0.4 is 4.74 Å². The van der Waals surface area contributed by atoms with E-state index in [0.29, 0.717) is 18.3 Å². The molecule has 1 N–H and O–H groups in total. The summed E-state index contributed by atoms with van der Waals surface area (Å²) < 4.78 is 19.0. The number of hydrogen-bond acceptors (Lipinski definition) is 2. The van der Waals surface area contributed by atoms with Crippen molar-refractivity contribution in [3.05, 3.63) is 29.6 Å². The maximum atomic E-state index is 13.5. The standard InChI is InChI=1S/C14H15FO2/c15-14-9-13(17-10-11-3-1-4-11)7-6-12(14)5-2-8-16/h6-7,9,11,16H,1,3-4,8,10H2. The number of hydrogen-bond donors (Lipinski definition) is 1. The van der Waals surface area contributed by atoms with Gasteiger partial charge in [-0.1, -0.05) is 18.3 Å². The Balaban J connectivity index is 1.97. The number of benzene rings is 1. The van der Waals surface area contributed by atoms with Gasteiger partial charge in [-0.2, -0.15) is 0 Å². The van der Waals surface area contributed by atoms with Gasteiger partial charge in [0.2, 0.25) is 0 Å². The van der Waals surface area contributed by atoms with Crippen molar-refractivity contribution in [2.24, 2.45) is 5.92 Å². The highest BCUT2D eigenvalue weighted by molar-refractivity contribution is 5.39. The van der Waals surface area contributed by atoms with E-state index in [9.17, 15) is 4.39 Å². The molecule has 1 aromatic carbocycles. The van der Waals surface area contributed by atoms with E-state index in [1.54, 1.807) is 12.1 Å². The maximum Gasteiger partial charge on any atom is 0.142 e. The van der Waals surface area contributed by atoms with Gasteiger partial charge < -0.3 is 9.84 Å². The van der Waals surface area contributed by atoms with E-state index in [-0.39, 0.29) is 12.2 Å². The number of aliphatic hydroxyl groups is 1. The molecule has 0 aromatic heterocycles. The van der Waals surface area contributed by atoms with Crippen LogP contribution in [0.25, 0.3) is 0 Å². The molecule has 90 valence electrons. The molecule has 0 heterocycles. The van der Waals surface area contributed by atoms with Crippen molar-refractivity contribution >= 4 is 0 Å². The van der Waals surface area contributed by atoms with Gasteiger partial charge in [-0.25, -0.2) is 4.39 Å². The van der Waals surface area contributed by atoms with E-state index in [4.69, 9.17) is 9.84 Å². The van der Waals surface area contributed by atoms with Gasteiger partial charge in [0.15, 0.2) is 0 Å². The lowest BCUT2D eigenvalue weighted by molar-refractivity contribution is 0.180. The van der Waals surface area contributed by atoms with Crippen LogP contribution in [0.1, 0.15) is 24.8 Å². The third-order valence-corrected chi connectivity index (χ3v) is 2.95. The van der Waals surface area contributed by atoms with Crippen molar-refractivity contribution in [2.45, 2.75) is 19.3 Å². The fourth-order valence-electron chi connectivity index (χ4n) is 1.70. The topological polar surface area (TPSA) is 29.5 Å². The average molecular weight is 234 g/mol. The molecule has 17 heavy (non-hydrogen) atoms. The molecule has 0 amide bonds. The highest BCUT2D eigenvalue weighted by Gasteiger charge is 2.17. The molecule has 0 radical (unpaired) electrons. The van der Waals surface area contributed by atoms with Gasteiger partial charge in [-0.05, 0) is 30.9 Å². The Bertz CT molecular complexity index is 441. The Labute approximate surface area is 100 Å². The van der Waals surface area contributed by atoms with Gasteiger partial charge in [-0.15, -0.1) is 0 Å². The number of ether oxygens (including phenoxy) is 1. The van der Waals surface area contributed by atoms with Crippen LogP contribution in [0.2, 0.25) is 0 Å². The average Bonchev–Trinajstić information content (AvgIpc) is 2.26. The predicted octanol–water partition coefficient (Wildman–Crippen LogP) is 2.35. The lowest BCUT2D eigenvalue weighted by Gasteiger charge is -2.25. The molecule has 3 heteroatoms. The Hall–Kier alpha value is -1.53. The molecule has 0 spiro atoms. The Morgan fingerprint density at radius 1 is 1.41 bits per heavy atom. The Kier molecular flexibility index (Phi) is 4.00. The van der Waals surface area contributed by atoms with Crippen molar-refractivity contribution in [1.29, 1.82) is 0 Å². The van der Waals surface area contributed by atoms with Crippen molar-refractivity contribution in [3.63, 3.8) is 0 Å². The summed E-state index contributed by atoms with van der Waals surface area (Å²) in [6, 6.07) is 4.64. The van der Waals surface area contributed by atoms with E-state index < -0.39 is 5.82 Å². The zero-order valence-electron chi connectivity index (χ0n) is 9.58. The molecule has 1 aliphatic carbocycles. The van der Waals surface area contributed by atoms with Gasteiger partial charge in [0, 0.05) is 6.07 Å². The van der Waals surface area contributed by atoms with Crippen LogP contribution in [0.3, 0.4) is 0 Å². The van der Waals surface area contributed by atoms with Gasteiger partial charge >= 0.3 is 0 Å². The van der Waals surface area contributed by atoms with Gasteiger partial charge in [0.1, 0.15) is 18.2 Å². The molecule has 0 aliphatic heterocycles. The highest BCUT2D eigenvalue weighted by atomic mass is 19.1. The molecule has 0 atom stereocenters. The van der Waals surface area contributed by atoms with Crippen LogP contribution in [0, 0.1) is 23.6 Å². The van der Waals surface area contributed by atoms with Crippen molar-refractivity contribution in [1.82, 2.24) is 0 Å². The molecular formula is C14H15FO2. The normalized spacial score (nSPS) is 14.7. The first-order chi connectivity index (χ1) is 8.29. The summed E-state index contributed by atoms with van der Waals surface area (Å²) in [6.45, 7) is 0.403. The van der Waals surface area contributed by atoms with E-state index >= 15 is 0 Å². The molecule has 0 unspecified atom stereocenters. The minimum atomic E-state index is -0.406. The zero-order chi connectivity index (χ0) is 12.1. The SMILES string of the molecule is OCC#Cc1ccc(OCC2CCC2)cc1F. The van der Waals surface area contributed by atoms with Crippen molar-refractivity contribution < 1.29 is 14.2 Å². The smallest absolute Gasteiger partial charge is 0.142 e. The van der Waals surface area contributed by atoms with Gasteiger partial charge in [0.25, 0.3) is 0 Å². The maximum absolute atomic E-state index is 13.5. The summed E-state index contributed by atoms with van der Waals surface area (Å²) in [5.41, 5.74) is 0.287. The van der Waals surface area contributed by atoms with Crippen LogP contribution in [0.4, 0.5) is 4.39 Å². The van der Waals surface area contributed by atoms with Crippen LogP contribution >= 0.6 is 0 Å².